The SMILES string of the molecule is CCN1CCCC1CN(C)[C@@H]1CCCC[C@H]1O. The van der Waals surface area contributed by atoms with E-state index in [0.717, 1.165) is 19.0 Å². The molecule has 3 nitrogen and oxygen atoms in total. The van der Waals surface area contributed by atoms with Crippen molar-refractivity contribution < 1.29 is 5.11 Å². The number of likely N-dealkylation sites (N-methyl/N-ethyl adjacent to an activating group) is 2. The number of aliphatic hydroxyl groups excluding tert-OH is 1. The first kappa shape index (κ1) is 13.3. The van der Waals surface area contributed by atoms with Crippen molar-refractivity contribution in [3.8, 4) is 0 Å². The quantitative estimate of drug-likeness (QED) is 0.810. The summed E-state index contributed by atoms with van der Waals surface area (Å²) in [6, 6.07) is 1.13. The Morgan fingerprint density at radius 2 is 1.94 bits per heavy atom. The molecule has 0 bridgehead atoms. The first-order chi connectivity index (χ1) is 8.22. The Morgan fingerprint density at radius 1 is 1.18 bits per heavy atom. The van der Waals surface area contributed by atoms with E-state index in [1.807, 2.05) is 0 Å². The van der Waals surface area contributed by atoms with Crippen LogP contribution in [0.4, 0.5) is 0 Å². The van der Waals surface area contributed by atoms with Crippen molar-refractivity contribution in [2.45, 2.75) is 63.6 Å². The maximum absolute atomic E-state index is 10.1. The molecule has 1 aliphatic carbocycles. The van der Waals surface area contributed by atoms with Crippen molar-refractivity contribution in [3.63, 3.8) is 0 Å². The first-order valence-corrected chi connectivity index (χ1v) is 7.34. The Hall–Kier alpha value is -0.120. The molecule has 17 heavy (non-hydrogen) atoms. The highest BCUT2D eigenvalue weighted by Gasteiger charge is 2.30. The van der Waals surface area contributed by atoms with Crippen LogP contribution >= 0.6 is 0 Å². The van der Waals surface area contributed by atoms with Crippen LogP contribution < -0.4 is 0 Å². The van der Waals surface area contributed by atoms with Crippen LogP contribution in [0.15, 0.2) is 0 Å². The van der Waals surface area contributed by atoms with Crippen LogP contribution in [0.2, 0.25) is 0 Å². The number of likely N-dealkylation sites (tertiary alicyclic amines) is 1. The Balaban J connectivity index is 1.84. The topological polar surface area (TPSA) is 26.7 Å². The minimum absolute atomic E-state index is 0.0924. The Morgan fingerprint density at radius 3 is 2.65 bits per heavy atom. The minimum Gasteiger partial charge on any atom is -0.391 e. The van der Waals surface area contributed by atoms with Crippen molar-refractivity contribution in [1.82, 2.24) is 9.80 Å². The van der Waals surface area contributed by atoms with E-state index in [0.29, 0.717) is 6.04 Å². The van der Waals surface area contributed by atoms with Crippen LogP contribution in [-0.4, -0.2) is 59.8 Å². The fourth-order valence-corrected chi connectivity index (χ4v) is 3.59. The largest absolute Gasteiger partial charge is 0.391 e. The van der Waals surface area contributed by atoms with Crippen molar-refractivity contribution in [2.24, 2.45) is 0 Å². The first-order valence-electron chi connectivity index (χ1n) is 7.34. The summed E-state index contributed by atoms with van der Waals surface area (Å²) >= 11 is 0. The second-order valence-corrected chi connectivity index (χ2v) is 5.78. The van der Waals surface area contributed by atoms with Gasteiger partial charge in [0, 0.05) is 18.6 Å². The Labute approximate surface area is 106 Å². The van der Waals surface area contributed by atoms with Gasteiger partial charge in [-0.15, -0.1) is 0 Å². The molecule has 2 fully saturated rings. The third kappa shape index (κ3) is 3.21. The molecule has 1 saturated heterocycles. The fourth-order valence-electron chi connectivity index (χ4n) is 3.59. The van der Waals surface area contributed by atoms with Gasteiger partial charge in [0.25, 0.3) is 0 Å². The number of hydrogen-bond donors (Lipinski definition) is 1. The second-order valence-electron chi connectivity index (χ2n) is 5.78. The molecular weight excluding hydrogens is 212 g/mol. The zero-order valence-electron chi connectivity index (χ0n) is 11.4. The van der Waals surface area contributed by atoms with Gasteiger partial charge in [0.05, 0.1) is 6.10 Å². The summed E-state index contributed by atoms with van der Waals surface area (Å²) < 4.78 is 0. The Bertz CT molecular complexity index is 234. The maximum atomic E-state index is 10.1. The van der Waals surface area contributed by atoms with Gasteiger partial charge in [-0.2, -0.15) is 0 Å². The van der Waals surface area contributed by atoms with Crippen LogP contribution in [0.3, 0.4) is 0 Å². The van der Waals surface area contributed by atoms with Crippen molar-refractivity contribution in [1.29, 1.82) is 0 Å². The molecule has 3 atom stereocenters. The average Bonchev–Trinajstić information content (AvgIpc) is 2.76. The maximum Gasteiger partial charge on any atom is 0.0695 e. The van der Waals surface area contributed by atoms with Gasteiger partial charge in [0.2, 0.25) is 0 Å². The highest BCUT2D eigenvalue weighted by molar-refractivity contribution is 4.86. The van der Waals surface area contributed by atoms with Gasteiger partial charge in [-0.3, -0.25) is 9.80 Å². The van der Waals surface area contributed by atoms with Gasteiger partial charge in [-0.25, -0.2) is 0 Å². The van der Waals surface area contributed by atoms with E-state index in [1.165, 1.54) is 45.2 Å². The zero-order valence-corrected chi connectivity index (χ0v) is 11.4. The Kier molecular flexibility index (Phi) is 4.83. The summed E-state index contributed by atoms with van der Waals surface area (Å²) in [6.07, 6.45) is 7.25. The zero-order chi connectivity index (χ0) is 12.3. The normalized spacial score (nSPS) is 35.6. The molecule has 2 aliphatic rings. The van der Waals surface area contributed by atoms with E-state index in [1.54, 1.807) is 0 Å². The lowest BCUT2D eigenvalue weighted by atomic mass is 9.91. The molecule has 2 rings (SSSR count). The van der Waals surface area contributed by atoms with Crippen molar-refractivity contribution in [3.05, 3.63) is 0 Å². The van der Waals surface area contributed by atoms with Gasteiger partial charge in [-0.1, -0.05) is 19.8 Å². The molecule has 0 aromatic carbocycles. The third-order valence-electron chi connectivity index (χ3n) is 4.66. The molecule has 100 valence electrons. The van der Waals surface area contributed by atoms with E-state index in [-0.39, 0.29) is 6.10 Å². The molecule has 0 amide bonds. The summed E-state index contributed by atoms with van der Waals surface area (Å²) in [7, 11) is 2.20. The predicted molar refractivity (Wildman–Crippen MR) is 71.2 cm³/mol. The minimum atomic E-state index is -0.0924. The summed E-state index contributed by atoms with van der Waals surface area (Å²) in [5.41, 5.74) is 0. The monoisotopic (exact) mass is 240 g/mol. The summed E-state index contributed by atoms with van der Waals surface area (Å²) in [5, 5.41) is 10.1. The predicted octanol–water partition coefficient (Wildman–Crippen LogP) is 1.71. The van der Waals surface area contributed by atoms with Crippen LogP contribution in [0, 0.1) is 0 Å². The average molecular weight is 240 g/mol. The molecule has 0 aromatic rings. The third-order valence-corrected chi connectivity index (χ3v) is 4.66. The second kappa shape index (κ2) is 6.17. The smallest absolute Gasteiger partial charge is 0.0695 e. The van der Waals surface area contributed by atoms with Crippen LogP contribution in [0.1, 0.15) is 45.4 Å². The van der Waals surface area contributed by atoms with E-state index in [4.69, 9.17) is 0 Å². The fraction of sp³-hybridized carbons (Fsp3) is 1.00. The highest BCUT2D eigenvalue weighted by atomic mass is 16.3. The number of hydrogen-bond acceptors (Lipinski definition) is 3. The molecule has 1 N–H and O–H groups in total. The van der Waals surface area contributed by atoms with Crippen LogP contribution in [0.5, 0.6) is 0 Å². The van der Waals surface area contributed by atoms with Gasteiger partial charge >= 0.3 is 0 Å². The van der Waals surface area contributed by atoms with E-state index >= 15 is 0 Å². The lowest BCUT2D eigenvalue weighted by Gasteiger charge is -2.37. The summed E-state index contributed by atoms with van der Waals surface area (Å²) in [4.78, 5) is 5.01. The van der Waals surface area contributed by atoms with Gasteiger partial charge in [0.15, 0.2) is 0 Å². The van der Waals surface area contributed by atoms with Gasteiger partial charge in [-0.05, 0) is 45.8 Å². The van der Waals surface area contributed by atoms with Crippen LogP contribution in [-0.2, 0) is 0 Å². The molecule has 1 aliphatic heterocycles. The lowest BCUT2D eigenvalue weighted by molar-refractivity contribution is 0.0226. The molecular formula is C14H28N2O. The standard InChI is InChI=1S/C14H28N2O/c1-3-16-10-6-7-12(16)11-15(2)13-8-4-5-9-14(13)17/h12-14,17H,3-11H2,1-2H3/t12?,13-,14-/m1/s1. The lowest BCUT2D eigenvalue weighted by Crippen LogP contribution is -2.48. The van der Waals surface area contributed by atoms with Gasteiger partial charge in [0.1, 0.15) is 0 Å². The molecule has 0 radical (unpaired) electrons. The number of nitrogens with zero attached hydrogens (tertiary/aromatic N) is 2. The molecule has 0 aromatic heterocycles. The van der Waals surface area contributed by atoms with Crippen molar-refractivity contribution >= 4 is 0 Å². The molecule has 1 unspecified atom stereocenters. The van der Waals surface area contributed by atoms with Gasteiger partial charge < -0.3 is 5.11 Å². The van der Waals surface area contributed by atoms with Crippen LogP contribution in [0.25, 0.3) is 0 Å². The van der Waals surface area contributed by atoms with E-state index in [2.05, 4.69) is 23.8 Å². The molecule has 0 spiro atoms. The number of aliphatic hydroxyl groups is 1. The highest BCUT2D eigenvalue weighted by Crippen LogP contribution is 2.24. The summed E-state index contributed by atoms with van der Waals surface area (Å²) in [6.45, 7) is 5.83. The van der Waals surface area contributed by atoms with E-state index in [9.17, 15) is 5.11 Å². The molecule has 1 heterocycles. The molecule has 3 heteroatoms. The van der Waals surface area contributed by atoms with Crippen molar-refractivity contribution in [2.75, 3.05) is 26.7 Å². The molecule has 1 saturated carbocycles. The van der Waals surface area contributed by atoms with E-state index < -0.39 is 0 Å². The number of rotatable bonds is 4. The summed E-state index contributed by atoms with van der Waals surface area (Å²) in [5.74, 6) is 0.